The van der Waals surface area contributed by atoms with Crippen LogP contribution in [-0.4, -0.2) is 51.2 Å². The lowest BCUT2D eigenvalue weighted by Gasteiger charge is -2.37. The van der Waals surface area contributed by atoms with E-state index in [9.17, 15) is 9.59 Å². The van der Waals surface area contributed by atoms with Crippen LogP contribution in [0.25, 0.3) is 0 Å². The van der Waals surface area contributed by atoms with Crippen LogP contribution < -0.4 is 5.73 Å². The zero-order valence-corrected chi connectivity index (χ0v) is 27.7. The minimum atomic E-state index is -0.226. The minimum Gasteiger partial charge on any atom is -0.444 e. The fourth-order valence-corrected chi connectivity index (χ4v) is 8.18. The molecule has 4 heterocycles. The van der Waals surface area contributed by atoms with E-state index in [1.54, 1.807) is 23.1 Å². The van der Waals surface area contributed by atoms with Crippen LogP contribution in [-0.2, 0) is 33.6 Å². The molecule has 3 aromatic rings. The van der Waals surface area contributed by atoms with E-state index in [1.807, 2.05) is 30.3 Å². The summed E-state index contributed by atoms with van der Waals surface area (Å²) in [5.74, 6) is 1.78. The van der Waals surface area contributed by atoms with Crippen LogP contribution in [0.2, 0.25) is 0 Å². The zero-order valence-electron chi connectivity index (χ0n) is 26.0. The highest BCUT2D eigenvalue weighted by atomic mass is 32.2. The first-order valence-corrected chi connectivity index (χ1v) is 17.2. The maximum atomic E-state index is 12.3. The molecule has 44 heavy (non-hydrogen) atoms. The van der Waals surface area contributed by atoms with Crippen molar-refractivity contribution >= 4 is 34.9 Å². The molecule has 0 radical (unpaired) electrons. The number of nitrogens with two attached hydrogens (primary N) is 1. The lowest BCUT2D eigenvalue weighted by Crippen LogP contribution is -2.41. The number of carbonyl (C=O) groups is 2. The van der Waals surface area contributed by atoms with Crippen molar-refractivity contribution in [3.8, 4) is 6.07 Å². The third kappa shape index (κ3) is 7.53. The summed E-state index contributed by atoms with van der Waals surface area (Å²) in [5, 5.41) is 9.96. The van der Waals surface area contributed by atoms with Crippen molar-refractivity contribution in [2.45, 2.75) is 93.7 Å². The van der Waals surface area contributed by atoms with Gasteiger partial charge in [0, 0.05) is 17.9 Å². The number of aryl methyl sites for hydroxylation is 1. The molecule has 2 N–H and O–H groups in total. The Morgan fingerprint density at radius 3 is 2.77 bits per heavy atom. The van der Waals surface area contributed by atoms with Crippen molar-refractivity contribution in [2.75, 3.05) is 19.6 Å². The number of nitrogens with zero attached hydrogens (tertiary/aromatic N) is 5. The topological polar surface area (TPSA) is 129 Å². The zero-order chi connectivity index (χ0) is 31.4. The van der Waals surface area contributed by atoms with Crippen molar-refractivity contribution in [2.24, 2.45) is 11.7 Å². The molecule has 1 saturated heterocycles. The van der Waals surface area contributed by atoms with Crippen molar-refractivity contribution in [1.82, 2.24) is 19.8 Å². The highest BCUT2D eigenvalue weighted by molar-refractivity contribution is 8.00. The summed E-state index contributed by atoms with van der Waals surface area (Å²) in [7, 11) is 0. The maximum absolute atomic E-state index is 12.3. The largest absolute Gasteiger partial charge is 0.444 e. The first-order valence-electron chi connectivity index (χ1n) is 15.4. The summed E-state index contributed by atoms with van der Waals surface area (Å²) >= 11 is 3.36. The number of fused-ring (bicyclic) bond motifs is 1. The van der Waals surface area contributed by atoms with Crippen LogP contribution in [0.4, 0.5) is 0 Å². The molecule has 0 aliphatic carbocycles. The van der Waals surface area contributed by atoms with Gasteiger partial charge in [0.1, 0.15) is 17.2 Å². The number of likely N-dealkylation sites (tertiary alicyclic amines) is 1. The first-order chi connectivity index (χ1) is 21.0. The molecule has 2 aliphatic heterocycles. The summed E-state index contributed by atoms with van der Waals surface area (Å²) in [4.78, 5) is 38.0. The van der Waals surface area contributed by atoms with Crippen molar-refractivity contribution in [3.63, 3.8) is 0 Å². The van der Waals surface area contributed by atoms with Crippen LogP contribution in [0.1, 0.15) is 98.8 Å². The highest BCUT2D eigenvalue weighted by Gasteiger charge is 2.34. The van der Waals surface area contributed by atoms with Gasteiger partial charge in [-0.25, -0.2) is 9.97 Å². The second-order valence-electron chi connectivity index (χ2n) is 12.8. The van der Waals surface area contributed by atoms with E-state index in [1.165, 1.54) is 16.7 Å². The fraction of sp³-hybridized carbons (Fsp3) is 0.545. The maximum Gasteiger partial charge on any atom is 0.237 e. The Morgan fingerprint density at radius 2 is 2.05 bits per heavy atom. The molecule has 9 nitrogen and oxygen atoms in total. The van der Waals surface area contributed by atoms with E-state index in [0.29, 0.717) is 24.6 Å². The van der Waals surface area contributed by atoms with Gasteiger partial charge in [-0.2, -0.15) is 5.26 Å². The van der Waals surface area contributed by atoms with E-state index in [4.69, 9.17) is 20.4 Å². The van der Waals surface area contributed by atoms with Gasteiger partial charge in [0.15, 0.2) is 0 Å². The van der Waals surface area contributed by atoms with Gasteiger partial charge in [-0.05, 0) is 68.8 Å². The second kappa shape index (κ2) is 13.8. The number of benzene rings is 1. The normalized spacial score (nSPS) is 20.7. The molecule has 1 aromatic carbocycles. The number of rotatable bonds is 10. The second-order valence-corrected chi connectivity index (χ2v) is 15.2. The summed E-state index contributed by atoms with van der Waals surface area (Å²) in [6.45, 7) is 10.8. The number of nitriles is 1. The average molecular weight is 635 g/mol. The highest BCUT2D eigenvalue weighted by Crippen LogP contribution is 2.39. The number of amides is 2. The van der Waals surface area contributed by atoms with E-state index in [2.05, 4.69) is 48.9 Å². The molecule has 11 heteroatoms. The summed E-state index contributed by atoms with van der Waals surface area (Å²) in [6.07, 6.45) is 7.89. The van der Waals surface area contributed by atoms with Crippen LogP contribution in [0, 0.1) is 17.2 Å². The van der Waals surface area contributed by atoms with Crippen molar-refractivity contribution in [1.29, 1.82) is 5.26 Å². The fourth-order valence-electron chi connectivity index (χ4n) is 6.18. The van der Waals surface area contributed by atoms with E-state index in [0.717, 1.165) is 53.7 Å². The SMILES string of the molecule is CC1c2ccc(CCCN3CCC(C(N)=O)CC3c3ncc(SCc4ncc(C(C)(C)C)o4)s3)cc2CCN1C(=O)CC#N. The molecule has 2 aliphatic rings. The molecule has 5 rings (SSSR count). The number of hydrogen-bond donors (Lipinski definition) is 1. The molecule has 0 bridgehead atoms. The summed E-state index contributed by atoms with van der Waals surface area (Å²) < 4.78 is 7.06. The predicted molar refractivity (Wildman–Crippen MR) is 172 cm³/mol. The molecular formula is C33H42N6O3S2. The van der Waals surface area contributed by atoms with E-state index >= 15 is 0 Å². The minimum absolute atomic E-state index is 0.0152. The number of thiazole rings is 1. The smallest absolute Gasteiger partial charge is 0.237 e. The number of aromatic nitrogens is 2. The molecule has 3 atom stereocenters. The predicted octanol–water partition coefficient (Wildman–Crippen LogP) is 5.95. The molecule has 1 fully saturated rings. The molecule has 0 spiro atoms. The number of carbonyl (C=O) groups excluding carboxylic acids is 2. The van der Waals surface area contributed by atoms with Gasteiger partial charge >= 0.3 is 0 Å². The van der Waals surface area contributed by atoms with Crippen LogP contribution in [0.3, 0.4) is 0 Å². The molecule has 3 unspecified atom stereocenters. The Kier molecular flexibility index (Phi) is 10.1. The number of hydrogen-bond acceptors (Lipinski definition) is 9. The van der Waals surface area contributed by atoms with Crippen LogP contribution in [0.15, 0.2) is 39.2 Å². The molecule has 2 aromatic heterocycles. The number of primary amides is 1. The Morgan fingerprint density at radius 1 is 1.23 bits per heavy atom. The van der Waals surface area contributed by atoms with E-state index < -0.39 is 0 Å². The standard InChI is InChI=1S/C33H42N6O3S2/c1-21-25-8-7-22(16-23(25)11-15-39(21)29(40)9-12-34)6-5-13-38-14-10-24(31(35)41)17-26(38)32-37-19-30(44-32)43-20-28-36-18-27(42-28)33(2,3)4/h7-8,16,18-19,21,24,26H,5-6,9-11,13-15,17,20H2,1-4H3,(H2,35,41). The molecular weight excluding hydrogens is 593 g/mol. The van der Waals surface area contributed by atoms with Crippen LogP contribution >= 0.6 is 23.1 Å². The van der Waals surface area contributed by atoms with Crippen molar-refractivity contribution in [3.05, 3.63) is 63.9 Å². The third-order valence-electron chi connectivity index (χ3n) is 8.74. The Hall–Kier alpha value is -3.20. The Labute approximate surface area is 268 Å². The number of oxazole rings is 1. The summed E-state index contributed by atoms with van der Waals surface area (Å²) in [6, 6.07) is 8.64. The first kappa shape index (κ1) is 32.2. The number of thioether (sulfide) groups is 1. The van der Waals surface area contributed by atoms with Crippen LogP contribution in [0.5, 0.6) is 0 Å². The molecule has 2 amide bonds. The lowest BCUT2D eigenvalue weighted by atomic mass is 9.89. The number of piperidine rings is 1. The lowest BCUT2D eigenvalue weighted by molar-refractivity contribution is -0.132. The van der Waals surface area contributed by atoms with Crippen molar-refractivity contribution < 1.29 is 14.0 Å². The van der Waals surface area contributed by atoms with Gasteiger partial charge in [0.2, 0.25) is 17.7 Å². The van der Waals surface area contributed by atoms with Gasteiger partial charge in [-0.1, -0.05) is 39.0 Å². The molecule has 0 saturated carbocycles. The quantitative estimate of drug-likeness (QED) is 0.271. The Balaban J connectivity index is 1.20. The summed E-state index contributed by atoms with van der Waals surface area (Å²) in [5.41, 5.74) is 9.45. The van der Waals surface area contributed by atoms with Gasteiger partial charge in [0.05, 0.1) is 40.5 Å². The Bertz CT molecular complexity index is 1520. The van der Waals surface area contributed by atoms with Gasteiger partial charge in [-0.3, -0.25) is 14.5 Å². The molecule has 234 valence electrons. The third-order valence-corrected chi connectivity index (χ3v) is 11.0. The van der Waals surface area contributed by atoms with Gasteiger partial charge in [0.25, 0.3) is 0 Å². The monoisotopic (exact) mass is 634 g/mol. The van der Waals surface area contributed by atoms with E-state index in [-0.39, 0.29) is 41.7 Å². The van der Waals surface area contributed by atoms with Gasteiger partial charge < -0.3 is 15.1 Å². The van der Waals surface area contributed by atoms with Gasteiger partial charge in [-0.15, -0.1) is 23.1 Å². The average Bonchev–Trinajstić information content (AvgIpc) is 3.67.